The van der Waals surface area contributed by atoms with Gasteiger partial charge in [-0.15, -0.1) is 0 Å². The summed E-state index contributed by atoms with van der Waals surface area (Å²) in [4.78, 5) is 13.1. The second-order valence-electron chi connectivity index (χ2n) is 7.35. The van der Waals surface area contributed by atoms with Crippen molar-refractivity contribution in [1.29, 1.82) is 0 Å². The molecule has 0 aliphatic carbocycles. The molecule has 0 radical (unpaired) electrons. The number of carbonyl (C=O) groups excluding carboxylic acids is 1. The number of aliphatic hydroxyl groups is 1. The van der Waals surface area contributed by atoms with Crippen molar-refractivity contribution < 1.29 is 27.5 Å². The lowest BCUT2D eigenvalue weighted by Gasteiger charge is -2.31. The second-order valence-corrected chi connectivity index (χ2v) is 7.35. The summed E-state index contributed by atoms with van der Waals surface area (Å²) in [5.74, 6) is -1.97. The number of H-pyrrole nitrogens is 1. The van der Waals surface area contributed by atoms with E-state index in [9.17, 15) is 27.5 Å². The predicted molar refractivity (Wildman–Crippen MR) is 105 cm³/mol. The number of fused-ring (bicyclic) bond motifs is 1. The van der Waals surface area contributed by atoms with Crippen molar-refractivity contribution in [3.8, 4) is 0 Å². The zero-order chi connectivity index (χ0) is 22.3. The summed E-state index contributed by atoms with van der Waals surface area (Å²) in [6.45, 7) is 1.57. The van der Waals surface area contributed by atoms with Crippen molar-refractivity contribution in [2.45, 2.75) is 31.7 Å². The van der Waals surface area contributed by atoms with E-state index in [2.05, 4.69) is 20.8 Å². The average Bonchev–Trinajstić information content (AvgIpc) is 3.14. The van der Waals surface area contributed by atoms with Crippen molar-refractivity contribution >= 4 is 22.5 Å². The van der Waals surface area contributed by atoms with Crippen molar-refractivity contribution in [1.82, 2.24) is 15.5 Å². The molecule has 1 amide bonds. The van der Waals surface area contributed by atoms with Gasteiger partial charge in [-0.1, -0.05) is 12.1 Å². The molecule has 2 atom stereocenters. The van der Waals surface area contributed by atoms with E-state index in [0.29, 0.717) is 22.2 Å². The van der Waals surface area contributed by atoms with Crippen LogP contribution in [0.2, 0.25) is 0 Å². The van der Waals surface area contributed by atoms with Gasteiger partial charge in [-0.2, -0.15) is 18.3 Å². The smallest absolute Gasteiger partial charge is 0.374 e. The number of halogens is 4. The molecule has 2 unspecified atom stereocenters. The lowest BCUT2D eigenvalue weighted by molar-refractivity contribution is -0.137. The molecule has 0 saturated heterocycles. The zero-order valence-corrected chi connectivity index (χ0v) is 16.2. The minimum Gasteiger partial charge on any atom is -0.374 e. The van der Waals surface area contributed by atoms with Gasteiger partial charge in [0.05, 0.1) is 23.0 Å². The van der Waals surface area contributed by atoms with Crippen molar-refractivity contribution in [3.63, 3.8) is 0 Å². The Balaban J connectivity index is 1.67. The number of nitrogens with zero attached hydrogens (tertiary/aromatic N) is 1. The average molecular weight is 434 g/mol. The number of rotatable bonds is 3. The molecule has 2 aromatic carbocycles. The number of allylic oxidation sites excluding steroid dienone is 1. The topological polar surface area (TPSA) is 90.0 Å². The largest absolute Gasteiger partial charge is 0.416 e. The maximum absolute atomic E-state index is 14.4. The number of anilines is 1. The van der Waals surface area contributed by atoms with Gasteiger partial charge in [-0.05, 0) is 30.7 Å². The van der Waals surface area contributed by atoms with E-state index < -0.39 is 35.6 Å². The summed E-state index contributed by atoms with van der Waals surface area (Å²) in [5.41, 5.74) is 0.590. The molecule has 0 bridgehead atoms. The number of alkyl halides is 3. The molecule has 2 heterocycles. The summed E-state index contributed by atoms with van der Waals surface area (Å²) < 4.78 is 53.1. The van der Waals surface area contributed by atoms with E-state index in [1.54, 1.807) is 6.92 Å². The Morgan fingerprint density at radius 3 is 2.61 bits per heavy atom. The minimum absolute atomic E-state index is 0.0588. The number of aliphatic hydroxyl groups excluding tert-OH is 1. The Morgan fingerprint density at radius 2 is 1.94 bits per heavy atom. The molecule has 31 heavy (non-hydrogen) atoms. The van der Waals surface area contributed by atoms with Crippen LogP contribution in [0.15, 0.2) is 53.9 Å². The highest BCUT2D eigenvalue weighted by atomic mass is 19.4. The molecule has 0 spiro atoms. The monoisotopic (exact) mass is 434 g/mol. The Kier molecular flexibility index (Phi) is 5.18. The summed E-state index contributed by atoms with van der Waals surface area (Å²) in [6, 6.07) is 7.06. The molecule has 3 aromatic rings. The molecule has 0 saturated carbocycles. The van der Waals surface area contributed by atoms with Gasteiger partial charge in [0.25, 0.3) is 5.91 Å². The fraction of sp³-hybridized carbons (Fsp3) is 0.238. The number of aromatic amines is 1. The van der Waals surface area contributed by atoms with Crippen LogP contribution in [0, 0.1) is 5.82 Å². The third-order valence-corrected chi connectivity index (χ3v) is 5.26. The van der Waals surface area contributed by atoms with Crippen LogP contribution in [0.3, 0.4) is 0 Å². The molecule has 1 aliphatic heterocycles. The fourth-order valence-electron chi connectivity index (χ4n) is 3.78. The third-order valence-electron chi connectivity index (χ3n) is 5.26. The van der Waals surface area contributed by atoms with Crippen molar-refractivity contribution in [2.75, 3.05) is 5.32 Å². The fourth-order valence-corrected chi connectivity index (χ4v) is 3.78. The normalized spacial score (nSPS) is 19.4. The molecule has 6 nitrogen and oxygen atoms in total. The maximum atomic E-state index is 14.4. The Morgan fingerprint density at radius 1 is 1.23 bits per heavy atom. The molecule has 4 N–H and O–H groups in total. The Hall–Kier alpha value is -3.40. The van der Waals surface area contributed by atoms with E-state index in [1.807, 2.05) is 0 Å². The van der Waals surface area contributed by atoms with Gasteiger partial charge >= 0.3 is 6.18 Å². The Labute approximate surface area is 174 Å². The van der Waals surface area contributed by atoms with Crippen LogP contribution in [0.5, 0.6) is 0 Å². The molecular formula is C21H18F4N4O2. The molecule has 0 fully saturated rings. The van der Waals surface area contributed by atoms with Crippen LogP contribution < -0.4 is 10.6 Å². The van der Waals surface area contributed by atoms with Crippen LogP contribution in [-0.4, -0.2) is 27.4 Å². The minimum atomic E-state index is -4.48. The lowest BCUT2D eigenvalue weighted by Crippen LogP contribution is -2.38. The van der Waals surface area contributed by atoms with Gasteiger partial charge in [0.15, 0.2) is 0 Å². The number of aromatic nitrogens is 2. The van der Waals surface area contributed by atoms with Crippen molar-refractivity contribution in [3.05, 3.63) is 70.8 Å². The highest BCUT2D eigenvalue weighted by Crippen LogP contribution is 2.37. The molecule has 10 heteroatoms. The van der Waals surface area contributed by atoms with Gasteiger partial charge in [-0.25, -0.2) is 4.39 Å². The predicted octanol–water partition coefficient (Wildman–Crippen LogP) is 4.03. The van der Waals surface area contributed by atoms with E-state index in [0.717, 1.165) is 12.1 Å². The van der Waals surface area contributed by atoms with Gasteiger partial charge in [-0.3, -0.25) is 9.89 Å². The SMILES string of the molecule is CC1=C(C(=O)Nc2cc3cn[nH]c3cc2F)C(c2ccc(C(F)(F)F)cc2)CC(O)N1. The van der Waals surface area contributed by atoms with Crippen LogP contribution in [0.1, 0.15) is 30.4 Å². The van der Waals surface area contributed by atoms with E-state index in [-0.39, 0.29) is 17.7 Å². The first-order valence-electron chi connectivity index (χ1n) is 9.40. The number of amides is 1. The molecule has 162 valence electrons. The van der Waals surface area contributed by atoms with Gasteiger partial charge < -0.3 is 15.7 Å². The van der Waals surface area contributed by atoms with Crippen LogP contribution >= 0.6 is 0 Å². The number of benzene rings is 2. The van der Waals surface area contributed by atoms with Crippen molar-refractivity contribution in [2.24, 2.45) is 0 Å². The second kappa shape index (κ2) is 7.69. The zero-order valence-electron chi connectivity index (χ0n) is 16.2. The first kappa shape index (κ1) is 20.9. The maximum Gasteiger partial charge on any atom is 0.416 e. The molecule has 4 rings (SSSR count). The summed E-state index contributed by atoms with van der Waals surface area (Å²) >= 11 is 0. The first-order valence-corrected chi connectivity index (χ1v) is 9.40. The van der Waals surface area contributed by atoms with E-state index in [1.165, 1.54) is 30.5 Å². The van der Waals surface area contributed by atoms with Gasteiger partial charge in [0.2, 0.25) is 0 Å². The highest BCUT2D eigenvalue weighted by molar-refractivity contribution is 6.06. The Bertz CT molecular complexity index is 1170. The summed E-state index contributed by atoms with van der Waals surface area (Å²) in [5, 5.41) is 22.4. The number of hydrogen-bond acceptors (Lipinski definition) is 4. The highest BCUT2D eigenvalue weighted by Gasteiger charge is 2.34. The van der Waals surface area contributed by atoms with E-state index in [4.69, 9.17) is 0 Å². The lowest BCUT2D eigenvalue weighted by atomic mass is 9.83. The summed E-state index contributed by atoms with van der Waals surface area (Å²) in [7, 11) is 0. The standard InChI is InChI=1S/C21H18F4N4O2/c1-10-19(20(31)28-17-6-12-9-26-29-16(12)8-15(17)22)14(7-18(30)27-10)11-2-4-13(5-3-11)21(23,24)25/h2-6,8-9,14,18,27,30H,7H2,1H3,(H,26,29)(H,28,31). The molecule has 1 aromatic heterocycles. The molecule has 1 aliphatic rings. The quantitative estimate of drug-likeness (QED) is 0.469. The summed E-state index contributed by atoms with van der Waals surface area (Å²) in [6.07, 6.45) is -3.92. The first-order chi connectivity index (χ1) is 14.6. The number of nitrogens with one attached hydrogen (secondary N) is 3. The number of carbonyl (C=O) groups is 1. The van der Waals surface area contributed by atoms with Gasteiger partial charge in [0, 0.05) is 35.1 Å². The molecular weight excluding hydrogens is 416 g/mol. The number of hydrogen-bond donors (Lipinski definition) is 4. The van der Waals surface area contributed by atoms with Crippen LogP contribution in [-0.2, 0) is 11.0 Å². The third kappa shape index (κ3) is 4.11. The van der Waals surface area contributed by atoms with E-state index >= 15 is 0 Å². The van der Waals surface area contributed by atoms with Crippen LogP contribution in [0.4, 0.5) is 23.2 Å². The van der Waals surface area contributed by atoms with Crippen LogP contribution in [0.25, 0.3) is 10.9 Å². The van der Waals surface area contributed by atoms with Gasteiger partial charge in [0.1, 0.15) is 12.0 Å².